The monoisotopic (exact) mass is 535 g/mol. The summed E-state index contributed by atoms with van der Waals surface area (Å²) in [4.78, 5) is 34.4. The molecule has 0 fully saturated rings. The van der Waals surface area contributed by atoms with Crippen LogP contribution in [0.5, 0.6) is 11.5 Å². The van der Waals surface area contributed by atoms with E-state index in [1.165, 1.54) is 11.3 Å². The molecule has 1 aliphatic rings. The summed E-state index contributed by atoms with van der Waals surface area (Å²) in [5.74, 6) is 0.731. The van der Waals surface area contributed by atoms with Crippen LogP contribution in [0.25, 0.3) is 6.08 Å². The Hall–Kier alpha value is -3.85. The van der Waals surface area contributed by atoms with Gasteiger partial charge in [0.2, 0.25) is 0 Å². The van der Waals surface area contributed by atoms with E-state index < -0.39 is 12.0 Å². The highest BCUT2D eigenvalue weighted by molar-refractivity contribution is 7.07. The number of benzene rings is 2. The molecule has 1 atom stereocenters. The van der Waals surface area contributed by atoms with Crippen LogP contribution in [0.4, 0.5) is 5.69 Å². The first kappa shape index (κ1) is 27.2. The minimum atomic E-state index is -0.740. The van der Waals surface area contributed by atoms with Crippen LogP contribution < -0.4 is 29.3 Å². The predicted octanol–water partition coefficient (Wildman–Crippen LogP) is 3.66. The van der Waals surface area contributed by atoms with Gasteiger partial charge in [-0.05, 0) is 52.0 Å². The maximum atomic E-state index is 13.9. The first-order valence-corrected chi connectivity index (χ1v) is 13.5. The number of anilines is 1. The smallest absolute Gasteiger partial charge is 0.338 e. The summed E-state index contributed by atoms with van der Waals surface area (Å²) < 4.78 is 18.7. The lowest BCUT2D eigenvalue weighted by molar-refractivity contribution is -0.139. The molecular weight excluding hydrogens is 502 g/mol. The van der Waals surface area contributed by atoms with Gasteiger partial charge in [-0.2, -0.15) is 0 Å². The number of para-hydroxylation sites is 1. The predicted molar refractivity (Wildman–Crippen MR) is 150 cm³/mol. The molecule has 38 heavy (non-hydrogen) atoms. The fourth-order valence-corrected chi connectivity index (χ4v) is 5.76. The molecule has 0 spiro atoms. The standard InChI is InChI=1S/C29H33N3O5S/c1-7-31(8-2)20-15-14-19(23(17-20)36-6)16-24-27(33)32-26(21-12-10-11-13-22(21)35-5)25(28(34)37-9-3)18(4)30-29(32)38-24/h10-17,26H,7-9H2,1-6H3/b24-16+/t26-/m0/s1. The van der Waals surface area contributed by atoms with Crippen molar-refractivity contribution in [1.29, 1.82) is 0 Å². The molecule has 0 bridgehead atoms. The van der Waals surface area contributed by atoms with Crippen molar-refractivity contribution in [3.05, 3.63) is 84.5 Å². The van der Waals surface area contributed by atoms with Crippen LogP contribution in [0.15, 0.2) is 63.5 Å². The lowest BCUT2D eigenvalue weighted by Gasteiger charge is -2.25. The van der Waals surface area contributed by atoms with Crippen LogP contribution in [0.1, 0.15) is 44.9 Å². The van der Waals surface area contributed by atoms with Gasteiger partial charge in [-0.1, -0.05) is 29.5 Å². The van der Waals surface area contributed by atoms with E-state index in [4.69, 9.17) is 14.2 Å². The zero-order valence-electron chi connectivity index (χ0n) is 22.6. The Morgan fingerprint density at radius 1 is 1.08 bits per heavy atom. The Morgan fingerprint density at radius 3 is 2.45 bits per heavy atom. The summed E-state index contributed by atoms with van der Waals surface area (Å²) in [5.41, 5.74) is 3.08. The van der Waals surface area contributed by atoms with Crippen LogP contribution in [-0.4, -0.2) is 44.5 Å². The van der Waals surface area contributed by atoms with E-state index in [-0.39, 0.29) is 12.2 Å². The molecule has 0 amide bonds. The Kier molecular flexibility index (Phi) is 8.36. The van der Waals surface area contributed by atoms with Crippen LogP contribution >= 0.6 is 11.3 Å². The highest BCUT2D eigenvalue weighted by Crippen LogP contribution is 2.35. The second-order valence-corrected chi connectivity index (χ2v) is 9.65. The first-order chi connectivity index (χ1) is 18.4. The number of thiazole rings is 1. The summed E-state index contributed by atoms with van der Waals surface area (Å²) in [7, 11) is 3.19. The molecule has 0 unspecified atom stereocenters. The number of carbonyl (C=O) groups is 1. The minimum Gasteiger partial charge on any atom is -0.496 e. The molecule has 2 heterocycles. The molecule has 0 saturated heterocycles. The van der Waals surface area contributed by atoms with Crippen molar-refractivity contribution < 1.29 is 19.0 Å². The number of methoxy groups -OCH3 is 2. The SMILES string of the molecule is CCOC(=O)C1=C(C)N=c2s/c(=C/c3ccc(N(CC)CC)cc3OC)c(=O)n2[C@H]1c1ccccc1OC. The quantitative estimate of drug-likeness (QED) is 0.389. The van der Waals surface area contributed by atoms with Crippen molar-refractivity contribution in [2.24, 2.45) is 4.99 Å². The average molecular weight is 536 g/mol. The van der Waals surface area contributed by atoms with Crippen LogP contribution in [0.2, 0.25) is 0 Å². The van der Waals surface area contributed by atoms with Gasteiger partial charge in [-0.15, -0.1) is 0 Å². The molecule has 0 saturated carbocycles. The van der Waals surface area contributed by atoms with Crippen LogP contribution in [-0.2, 0) is 9.53 Å². The van der Waals surface area contributed by atoms with Gasteiger partial charge < -0.3 is 19.1 Å². The van der Waals surface area contributed by atoms with E-state index in [2.05, 4.69) is 23.7 Å². The molecule has 4 rings (SSSR count). The maximum absolute atomic E-state index is 13.9. The topological polar surface area (TPSA) is 82.4 Å². The number of carbonyl (C=O) groups excluding carboxylic acids is 1. The minimum absolute atomic E-state index is 0.210. The third kappa shape index (κ3) is 4.98. The van der Waals surface area contributed by atoms with Crippen molar-refractivity contribution in [2.45, 2.75) is 33.7 Å². The van der Waals surface area contributed by atoms with E-state index in [1.807, 2.05) is 48.5 Å². The highest BCUT2D eigenvalue weighted by atomic mass is 32.1. The Labute approximate surface area is 226 Å². The normalized spacial score (nSPS) is 15.1. The van der Waals surface area contributed by atoms with Crippen molar-refractivity contribution in [3.63, 3.8) is 0 Å². The Morgan fingerprint density at radius 2 is 1.79 bits per heavy atom. The van der Waals surface area contributed by atoms with Gasteiger partial charge in [0.25, 0.3) is 5.56 Å². The number of hydrogen-bond donors (Lipinski definition) is 0. The van der Waals surface area contributed by atoms with Crippen molar-refractivity contribution in [1.82, 2.24) is 4.57 Å². The summed E-state index contributed by atoms with van der Waals surface area (Å²) in [5, 5.41) is 0. The zero-order valence-corrected chi connectivity index (χ0v) is 23.4. The lowest BCUT2D eigenvalue weighted by atomic mass is 9.95. The van der Waals surface area contributed by atoms with E-state index in [0.29, 0.717) is 37.7 Å². The van der Waals surface area contributed by atoms with E-state index in [1.54, 1.807) is 32.6 Å². The average Bonchev–Trinajstić information content (AvgIpc) is 3.23. The van der Waals surface area contributed by atoms with Gasteiger partial charge in [0.05, 0.1) is 36.6 Å². The fourth-order valence-electron chi connectivity index (χ4n) is 4.72. The molecule has 2 aromatic carbocycles. The second-order valence-electron chi connectivity index (χ2n) is 8.64. The number of rotatable bonds is 9. The fraction of sp³-hybridized carbons (Fsp3) is 0.345. The zero-order chi connectivity index (χ0) is 27.4. The van der Waals surface area contributed by atoms with Crippen molar-refractivity contribution in [2.75, 3.05) is 38.8 Å². The molecule has 3 aromatic rings. The number of fused-ring (bicyclic) bond motifs is 1. The molecule has 200 valence electrons. The van der Waals surface area contributed by atoms with Gasteiger partial charge in [-0.25, -0.2) is 9.79 Å². The molecule has 0 N–H and O–H groups in total. The van der Waals surface area contributed by atoms with E-state index in [0.717, 1.165) is 24.3 Å². The number of esters is 1. The summed E-state index contributed by atoms with van der Waals surface area (Å²) in [6.45, 7) is 9.69. The van der Waals surface area contributed by atoms with Gasteiger partial charge in [0, 0.05) is 36.0 Å². The lowest BCUT2D eigenvalue weighted by Crippen LogP contribution is -2.40. The summed E-state index contributed by atoms with van der Waals surface area (Å²) in [6.07, 6.45) is 1.82. The molecule has 0 radical (unpaired) electrons. The first-order valence-electron chi connectivity index (χ1n) is 12.6. The molecule has 8 nitrogen and oxygen atoms in total. The third-order valence-corrected chi connectivity index (χ3v) is 7.57. The second kappa shape index (κ2) is 11.7. The number of nitrogens with zero attached hydrogens (tertiary/aromatic N) is 3. The van der Waals surface area contributed by atoms with Gasteiger partial charge in [0.15, 0.2) is 4.80 Å². The van der Waals surface area contributed by atoms with Crippen LogP contribution in [0, 0.1) is 0 Å². The van der Waals surface area contributed by atoms with Crippen molar-refractivity contribution >= 4 is 29.1 Å². The van der Waals surface area contributed by atoms with Crippen molar-refractivity contribution in [3.8, 4) is 11.5 Å². The van der Waals surface area contributed by atoms with Gasteiger partial charge in [0.1, 0.15) is 17.5 Å². The van der Waals surface area contributed by atoms with Gasteiger partial charge in [-0.3, -0.25) is 9.36 Å². The number of aromatic nitrogens is 1. The number of allylic oxidation sites excluding steroid dienone is 1. The van der Waals surface area contributed by atoms with Crippen LogP contribution in [0.3, 0.4) is 0 Å². The molecule has 9 heteroatoms. The molecule has 1 aliphatic heterocycles. The van der Waals surface area contributed by atoms with Gasteiger partial charge >= 0.3 is 5.97 Å². The number of ether oxygens (including phenoxy) is 3. The largest absolute Gasteiger partial charge is 0.496 e. The maximum Gasteiger partial charge on any atom is 0.338 e. The Bertz CT molecular complexity index is 1550. The van der Waals surface area contributed by atoms with E-state index >= 15 is 0 Å². The summed E-state index contributed by atoms with van der Waals surface area (Å²) in [6, 6.07) is 12.6. The number of hydrogen-bond acceptors (Lipinski definition) is 8. The molecule has 0 aliphatic carbocycles. The Balaban J connectivity index is 1.93. The third-order valence-electron chi connectivity index (χ3n) is 6.58. The molecule has 1 aromatic heterocycles. The summed E-state index contributed by atoms with van der Waals surface area (Å²) >= 11 is 1.27. The molecular formula is C29H33N3O5S. The highest BCUT2D eigenvalue weighted by Gasteiger charge is 2.35. The van der Waals surface area contributed by atoms with E-state index in [9.17, 15) is 9.59 Å².